The van der Waals surface area contributed by atoms with Gasteiger partial charge in [-0.25, -0.2) is 0 Å². The second kappa shape index (κ2) is 7.13. The van der Waals surface area contributed by atoms with Gasteiger partial charge in [0, 0.05) is 18.2 Å². The fraction of sp³-hybridized carbons (Fsp3) is 0.533. The minimum atomic E-state index is -0.681. The maximum absolute atomic E-state index is 11.0. The highest BCUT2D eigenvalue weighted by molar-refractivity contribution is 9.10. The smallest absolute Gasteiger partial charge is 0.306 e. The SMILES string of the molecule is COc1cc(OC)c(CN2CCC(C(=O)O)CC2)cc1Br. The van der Waals surface area contributed by atoms with E-state index >= 15 is 0 Å². The molecule has 0 atom stereocenters. The van der Waals surface area contributed by atoms with Gasteiger partial charge in [-0.2, -0.15) is 0 Å². The van der Waals surface area contributed by atoms with Gasteiger partial charge in [0.2, 0.25) is 0 Å². The Morgan fingerprint density at radius 2 is 1.90 bits per heavy atom. The standard InChI is InChI=1S/C15H20BrNO4/c1-20-13-8-14(21-2)12(16)7-11(13)9-17-5-3-10(4-6-17)15(18)19/h7-8,10H,3-6,9H2,1-2H3,(H,18,19). The molecule has 1 fully saturated rings. The van der Waals surface area contributed by atoms with Crippen molar-refractivity contribution in [1.29, 1.82) is 0 Å². The number of likely N-dealkylation sites (tertiary alicyclic amines) is 1. The number of ether oxygens (including phenoxy) is 2. The van der Waals surface area contributed by atoms with Crippen LogP contribution >= 0.6 is 15.9 Å². The van der Waals surface area contributed by atoms with Crippen molar-refractivity contribution in [3.63, 3.8) is 0 Å². The van der Waals surface area contributed by atoms with Gasteiger partial charge in [0.15, 0.2) is 0 Å². The van der Waals surface area contributed by atoms with Gasteiger partial charge < -0.3 is 14.6 Å². The zero-order chi connectivity index (χ0) is 15.4. The zero-order valence-corrected chi connectivity index (χ0v) is 13.9. The fourth-order valence-electron chi connectivity index (χ4n) is 2.62. The topological polar surface area (TPSA) is 59.0 Å². The van der Waals surface area contributed by atoms with Crippen molar-refractivity contribution in [2.24, 2.45) is 5.92 Å². The van der Waals surface area contributed by atoms with Crippen LogP contribution in [0.3, 0.4) is 0 Å². The lowest BCUT2D eigenvalue weighted by atomic mass is 9.97. The molecule has 6 heteroatoms. The summed E-state index contributed by atoms with van der Waals surface area (Å²) in [6.07, 6.45) is 1.41. The third-order valence-corrected chi connectivity index (χ3v) is 4.51. The highest BCUT2D eigenvalue weighted by Crippen LogP contribution is 2.34. The van der Waals surface area contributed by atoms with Crippen molar-refractivity contribution in [3.05, 3.63) is 22.2 Å². The van der Waals surface area contributed by atoms with Crippen LogP contribution in [0, 0.1) is 5.92 Å². The van der Waals surface area contributed by atoms with Gasteiger partial charge >= 0.3 is 5.97 Å². The first-order valence-corrected chi connectivity index (χ1v) is 7.70. The number of benzene rings is 1. The molecule has 116 valence electrons. The Morgan fingerprint density at radius 3 is 2.43 bits per heavy atom. The summed E-state index contributed by atoms with van der Waals surface area (Å²) in [6.45, 7) is 2.34. The Morgan fingerprint density at radius 1 is 1.29 bits per heavy atom. The Balaban J connectivity index is 2.06. The molecule has 0 amide bonds. The predicted octanol–water partition coefficient (Wildman–Crippen LogP) is 2.76. The third kappa shape index (κ3) is 3.89. The number of halogens is 1. The first-order valence-electron chi connectivity index (χ1n) is 6.90. The van der Waals surface area contributed by atoms with E-state index in [-0.39, 0.29) is 5.92 Å². The van der Waals surface area contributed by atoms with Crippen LogP contribution < -0.4 is 9.47 Å². The van der Waals surface area contributed by atoms with Crippen LogP contribution in [0.5, 0.6) is 11.5 Å². The van der Waals surface area contributed by atoms with Crippen molar-refractivity contribution >= 4 is 21.9 Å². The van der Waals surface area contributed by atoms with Crippen LogP contribution in [0.2, 0.25) is 0 Å². The Labute approximate surface area is 133 Å². The van der Waals surface area contributed by atoms with Crippen molar-refractivity contribution in [2.45, 2.75) is 19.4 Å². The highest BCUT2D eigenvalue weighted by atomic mass is 79.9. The van der Waals surface area contributed by atoms with E-state index in [2.05, 4.69) is 20.8 Å². The van der Waals surface area contributed by atoms with Crippen LogP contribution in [-0.4, -0.2) is 43.3 Å². The summed E-state index contributed by atoms with van der Waals surface area (Å²) in [7, 11) is 3.26. The second-order valence-electron chi connectivity index (χ2n) is 5.19. The van der Waals surface area contributed by atoms with E-state index in [1.807, 2.05) is 12.1 Å². The van der Waals surface area contributed by atoms with Crippen molar-refractivity contribution in [1.82, 2.24) is 4.90 Å². The maximum Gasteiger partial charge on any atom is 0.306 e. The van der Waals surface area contributed by atoms with Gasteiger partial charge in [-0.05, 0) is 47.9 Å². The number of nitrogens with zero attached hydrogens (tertiary/aromatic N) is 1. The molecule has 0 saturated carbocycles. The Kier molecular flexibility index (Phi) is 5.47. The van der Waals surface area contributed by atoms with E-state index in [9.17, 15) is 4.79 Å². The molecule has 1 aromatic carbocycles. The summed E-state index contributed by atoms with van der Waals surface area (Å²) >= 11 is 3.49. The number of aliphatic carboxylic acids is 1. The molecule has 1 aliphatic rings. The van der Waals surface area contributed by atoms with Gasteiger partial charge in [-0.3, -0.25) is 9.69 Å². The summed E-state index contributed by atoms with van der Waals surface area (Å²) in [5, 5.41) is 9.03. The molecule has 0 bridgehead atoms. The van der Waals surface area contributed by atoms with Crippen LogP contribution in [0.4, 0.5) is 0 Å². The molecular formula is C15H20BrNO4. The van der Waals surface area contributed by atoms with E-state index in [1.165, 1.54) is 0 Å². The van der Waals surface area contributed by atoms with Crippen LogP contribution in [0.25, 0.3) is 0 Å². The number of piperidine rings is 1. The average molecular weight is 358 g/mol. The molecule has 2 rings (SSSR count). The Hall–Kier alpha value is -1.27. The van der Waals surface area contributed by atoms with Gasteiger partial charge in [0.05, 0.1) is 24.6 Å². The van der Waals surface area contributed by atoms with E-state index in [1.54, 1.807) is 14.2 Å². The zero-order valence-electron chi connectivity index (χ0n) is 12.3. The normalized spacial score (nSPS) is 16.7. The lowest BCUT2D eigenvalue weighted by Gasteiger charge is -2.30. The van der Waals surface area contributed by atoms with Crippen LogP contribution in [-0.2, 0) is 11.3 Å². The van der Waals surface area contributed by atoms with Gasteiger partial charge in [0.1, 0.15) is 11.5 Å². The van der Waals surface area contributed by atoms with E-state index < -0.39 is 5.97 Å². The first kappa shape index (κ1) is 16.1. The molecule has 0 spiro atoms. The average Bonchev–Trinajstić information content (AvgIpc) is 2.48. The molecule has 1 heterocycles. The first-order chi connectivity index (χ1) is 10.0. The van der Waals surface area contributed by atoms with Crippen molar-refractivity contribution in [3.8, 4) is 11.5 Å². The van der Waals surface area contributed by atoms with Gasteiger partial charge in [0.25, 0.3) is 0 Å². The maximum atomic E-state index is 11.0. The molecule has 1 N–H and O–H groups in total. The number of carbonyl (C=O) groups is 1. The summed E-state index contributed by atoms with van der Waals surface area (Å²) in [5.74, 6) is 0.640. The molecule has 0 radical (unpaired) electrons. The molecule has 0 aromatic heterocycles. The minimum absolute atomic E-state index is 0.203. The quantitative estimate of drug-likeness (QED) is 0.877. The molecular weight excluding hydrogens is 338 g/mol. The number of carboxylic acids is 1. The van der Waals surface area contributed by atoms with Gasteiger partial charge in [-0.1, -0.05) is 0 Å². The van der Waals surface area contributed by atoms with Gasteiger partial charge in [-0.15, -0.1) is 0 Å². The number of rotatable bonds is 5. The molecule has 21 heavy (non-hydrogen) atoms. The number of methoxy groups -OCH3 is 2. The highest BCUT2D eigenvalue weighted by Gasteiger charge is 2.25. The molecule has 0 unspecified atom stereocenters. The molecule has 0 aliphatic carbocycles. The summed E-state index contributed by atoms with van der Waals surface area (Å²) in [5.41, 5.74) is 1.07. The molecule has 1 saturated heterocycles. The number of hydrogen-bond donors (Lipinski definition) is 1. The largest absolute Gasteiger partial charge is 0.496 e. The van der Waals surface area contributed by atoms with Crippen LogP contribution in [0.15, 0.2) is 16.6 Å². The van der Waals surface area contributed by atoms with E-state index in [4.69, 9.17) is 14.6 Å². The summed E-state index contributed by atoms with van der Waals surface area (Å²) in [6, 6.07) is 3.87. The van der Waals surface area contributed by atoms with Crippen LogP contribution in [0.1, 0.15) is 18.4 Å². The summed E-state index contributed by atoms with van der Waals surface area (Å²) in [4.78, 5) is 13.2. The summed E-state index contributed by atoms with van der Waals surface area (Å²) < 4.78 is 11.6. The Bertz CT molecular complexity index is 513. The third-order valence-electron chi connectivity index (χ3n) is 3.89. The van der Waals surface area contributed by atoms with E-state index in [0.29, 0.717) is 12.8 Å². The second-order valence-corrected chi connectivity index (χ2v) is 6.04. The van der Waals surface area contributed by atoms with Crippen molar-refractivity contribution < 1.29 is 19.4 Å². The fourth-order valence-corrected chi connectivity index (χ4v) is 3.18. The molecule has 1 aliphatic heterocycles. The lowest BCUT2D eigenvalue weighted by Crippen LogP contribution is -2.35. The predicted molar refractivity (Wildman–Crippen MR) is 82.9 cm³/mol. The molecule has 5 nitrogen and oxygen atoms in total. The van der Waals surface area contributed by atoms with Crippen molar-refractivity contribution in [2.75, 3.05) is 27.3 Å². The number of hydrogen-bond acceptors (Lipinski definition) is 4. The molecule has 1 aromatic rings. The lowest BCUT2D eigenvalue weighted by molar-refractivity contribution is -0.143. The van der Waals surface area contributed by atoms with E-state index in [0.717, 1.165) is 41.2 Å². The monoisotopic (exact) mass is 357 g/mol. The minimum Gasteiger partial charge on any atom is -0.496 e. The number of carboxylic acid groups (broad SMARTS) is 1.